The van der Waals surface area contributed by atoms with Gasteiger partial charge in [0, 0.05) is 11.8 Å². The molecule has 1 heterocycles. The largest absolute Gasteiger partial charge is 0.494 e. The predicted octanol–water partition coefficient (Wildman–Crippen LogP) is 5.53. The normalized spacial score (nSPS) is 13.5. The van der Waals surface area contributed by atoms with Crippen molar-refractivity contribution in [3.05, 3.63) is 89.1 Å². The van der Waals surface area contributed by atoms with Gasteiger partial charge in [-0.1, -0.05) is 41.9 Å². The number of hydrogen-bond donors (Lipinski definition) is 1. The molecule has 0 aromatic heterocycles. The lowest BCUT2D eigenvalue weighted by Crippen LogP contribution is -2.32. The molecule has 6 nitrogen and oxygen atoms in total. The minimum atomic E-state index is -0.487. The summed E-state index contributed by atoms with van der Waals surface area (Å²) in [6.45, 7) is 4.84. The van der Waals surface area contributed by atoms with Crippen LogP contribution in [0.15, 0.2) is 78.5 Å². The second-order valence-electron chi connectivity index (χ2n) is 7.19. The molecule has 168 valence electrons. The van der Waals surface area contributed by atoms with Crippen LogP contribution in [0.4, 0.5) is 11.4 Å². The zero-order valence-corrected chi connectivity index (χ0v) is 19.1. The Morgan fingerprint density at radius 1 is 0.818 bits per heavy atom. The van der Waals surface area contributed by atoms with Crippen molar-refractivity contribution in [2.45, 2.75) is 13.8 Å². The summed E-state index contributed by atoms with van der Waals surface area (Å²) in [7, 11) is 0. The summed E-state index contributed by atoms with van der Waals surface area (Å²) in [5.74, 6) is 0.394. The average molecular weight is 463 g/mol. The Labute approximate surface area is 197 Å². The van der Waals surface area contributed by atoms with Gasteiger partial charge >= 0.3 is 0 Å². The molecule has 0 radical (unpaired) electrons. The van der Waals surface area contributed by atoms with E-state index >= 15 is 0 Å². The highest BCUT2D eigenvalue weighted by molar-refractivity contribution is 6.48. The molecule has 2 amide bonds. The average Bonchev–Trinajstić information content (AvgIpc) is 3.05. The van der Waals surface area contributed by atoms with Crippen molar-refractivity contribution in [1.29, 1.82) is 0 Å². The fourth-order valence-electron chi connectivity index (χ4n) is 3.62. The zero-order chi connectivity index (χ0) is 23.4. The van der Waals surface area contributed by atoms with E-state index in [0.29, 0.717) is 46.7 Å². The third-order valence-corrected chi connectivity index (χ3v) is 5.37. The van der Waals surface area contributed by atoms with Crippen molar-refractivity contribution >= 4 is 40.4 Å². The Morgan fingerprint density at radius 3 is 2.21 bits per heavy atom. The van der Waals surface area contributed by atoms with Gasteiger partial charge in [0.25, 0.3) is 11.8 Å². The number of imide groups is 1. The van der Waals surface area contributed by atoms with Crippen molar-refractivity contribution in [2.24, 2.45) is 0 Å². The van der Waals surface area contributed by atoms with E-state index in [-0.39, 0.29) is 11.3 Å². The minimum Gasteiger partial charge on any atom is -0.494 e. The van der Waals surface area contributed by atoms with E-state index in [9.17, 15) is 9.59 Å². The highest BCUT2D eigenvalue weighted by Gasteiger charge is 2.41. The molecule has 0 saturated heterocycles. The van der Waals surface area contributed by atoms with Crippen LogP contribution in [0.5, 0.6) is 11.5 Å². The summed E-state index contributed by atoms with van der Waals surface area (Å²) >= 11 is 6.33. The van der Waals surface area contributed by atoms with Crippen LogP contribution in [0.25, 0.3) is 5.57 Å². The molecule has 3 aromatic rings. The zero-order valence-electron chi connectivity index (χ0n) is 18.3. The van der Waals surface area contributed by atoms with Gasteiger partial charge in [-0.3, -0.25) is 9.59 Å². The van der Waals surface area contributed by atoms with Gasteiger partial charge in [0.1, 0.15) is 17.2 Å². The lowest BCUT2D eigenvalue weighted by atomic mass is 10.0. The highest BCUT2D eigenvalue weighted by atomic mass is 35.5. The molecule has 0 fully saturated rings. The Kier molecular flexibility index (Phi) is 6.66. The Morgan fingerprint density at radius 2 is 1.52 bits per heavy atom. The van der Waals surface area contributed by atoms with Gasteiger partial charge in [-0.25, -0.2) is 4.90 Å². The third kappa shape index (κ3) is 4.56. The lowest BCUT2D eigenvalue weighted by Gasteiger charge is -2.17. The third-order valence-electron chi connectivity index (χ3n) is 5.05. The van der Waals surface area contributed by atoms with Crippen LogP contribution in [0.3, 0.4) is 0 Å². The van der Waals surface area contributed by atoms with Crippen LogP contribution >= 0.6 is 11.6 Å². The number of carbonyl (C=O) groups is 2. The molecule has 0 unspecified atom stereocenters. The first-order chi connectivity index (χ1) is 16.0. The van der Waals surface area contributed by atoms with Crippen molar-refractivity contribution in [1.82, 2.24) is 0 Å². The number of carbonyl (C=O) groups excluding carboxylic acids is 2. The van der Waals surface area contributed by atoms with Gasteiger partial charge < -0.3 is 14.8 Å². The quantitative estimate of drug-likeness (QED) is 0.445. The second kappa shape index (κ2) is 9.79. The summed E-state index contributed by atoms with van der Waals surface area (Å²) in [4.78, 5) is 28.1. The second-order valence-corrected chi connectivity index (χ2v) is 7.60. The van der Waals surface area contributed by atoms with E-state index in [0.717, 1.165) is 4.90 Å². The first-order valence-corrected chi connectivity index (χ1v) is 11.0. The van der Waals surface area contributed by atoms with Crippen molar-refractivity contribution in [3.8, 4) is 11.5 Å². The molecule has 33 heavy (non-hydrogen) atoms. The standard InChI is InChI=1S/C26H23ClN2O4/c1-3-32-19-14-12-17(13-15-19)23-24(28-18-8-7-9-20(16-18)33-4-2)26(31)29(25(23)30)22-11-6-5-10-21(22)27/h5-16,28H,3-4H2,1-2H3. The number of amides is 2. The topological polar surface area (TPSA) is 67.9 Å². The summed E-state index contributed by atoms with van der Waals surface area (Å²) in [6, 6.07) is 21.1. The van der Waals surface area contributed by atoms with Crippen LogP contribution in [0.2, 0.25) is 5.02 Å². The Balaban J connectivity index is 1.79. The Hall–Kier alpha value is -3.77. The number of nitrogens with zero attached hydrogens (tertiary/aromatic N) is 1. The van der Waals surface area contributed by atoms with Gasteiger partial charge in [-0.05, 0) is 55.8 Å². The first kappa shape index (κ1) is 22.4. The maximum atomic E-state index is 13.5. The first-order valence-electron chi connectivity index (χ1n) is 10.6. The SMILES string of the molecule is CCOc1ccc(C2=C(Nc3cccc(OCC)c3)C(=O)N(c3ccccc3Cl)C2=O)cc1. The van der Waals surface area contributed by atoms with E-state index in [2.05, 4.69) is 5.32 Å². The number of anilines is 2. The van der Waals surface area contributed by atoms with Gasteiger partial charge in [0.15, 0.2) is 0 Å². The van der Waals surface area contributed by atoms with Crippen molar-refractivity contribution < 1.29 is 19.1 Å². The molecule has 0 saturated carbocycles. The van der Waals surface area contributed by atoms with Gasteiger partial charge in [-0.2, -0.15) is 0 Å². The molecule has 0 bridgehead atoms. The molecule has 1 aliphatic heterocycles. The molecule has 0 aliphatic carbocycles. The maximum absolute atomic E-state index is 13.5. The van der Waals surface area contributed by atoms with Gasteiger partial charge in [0.05, 0.1) is 29.5 Å². The van der Waals surface area contributed by atoms with E-state index in [1.165, 1.54) is 0 Å². The summed E-state index contributed by atoms with van der Waals surface area (Å²) in [5.41, 5.74) is 1.97. The predicted molar refractivity (Wildman–Crippen MR) is 130 cm³/mol. The lowest BCUT2D eigenvalue weighted by molar-refractivity contribution is -0.120. The highest BCUT2D eigenvalue weighted by Crippen LogP contribution is 2.37. The maximum Gasteiger partial charge on any atom is 0.282 e. The molecular weight excluding hydrogens is 440 g/mol. The van der Waals surface area contributed by atoms with E-state index in [4.69, 9.17) is 21.1 Å². The molecule has 1 aliphatic rings. The van der Waals surface area contributed by atoms with Gasteiger partial charge in [0.2, 0.25) is 0 Å². The molecule has 4 rings (SSSR count). The molecule has 7 heteroatoms. The van der Waals surface area contributed by atoms with E-state index in [1.807, 2.05) is 26.0 Å². The fourth-order valence-corrected chi connectivity index (χ4v) is 3.84. The van der Waals surface area contributed by atoms with Crippen molar-refractivity contribution in [2.75, 3.05) is 23.4 Å². The van der Waals surface area contributed by atoms with Crippen LogP contribution in [0.1, 0.15) is 19.4 Å². The van der Waals surface area contributed by atoms with Crippen LogP contribution < -0.4 is 19.7 Å². The number of para-hydroxylation sites is 1. The number of hydrogen-bond acceptors (Lipinski definition) is 5. The monoisotopic (exact) mass is 462 g/mol. The van der Waals surface area contributed by atoms with Crippen LogP contribution in [-0.2, 0) is 9.59 Å². The summed E-state index contributed by atoms with van der Waals surface area (Å²) < 4.78 is 11.1. The minimum absolute atomic E-state index is 0.165. The van der Waals surface area contributed by atoms with Gasteiger partial charge in [-0.15, -0.1) is 0 Å². The summed E-state index contributed by atoms with van der Waals surface area (Å²) in [5, 5.41) is 3.45. The molecule has 0 atom stereocenters. The number of ether oxygens (including phenoxy) is 2. The van der Waals surface area contributed by atoms with Crippen LogP contribution in [0, 0.1) is 0 Å². The van der Waals surface area contributed by atoms with E-state index in [1.54, 1.807) is 60.7 Å². The molecular formula is C26H23ClN2O4. The van der Waals surface area contributed by atoms with Crippen LogP contribution in [-0.4, -0.2) is 25.0 Å². The summed E-state index contributed by atoms with van der Waals surface area (Å²) in [6.07, 6.45) is 0. The Bertz CT molecular complexity index is 1220. The fraction of sp³-hybridized carbons (Fsp3) is 0.154. The number of benzene rings is 3. The molecule has 1 N–H and O–H groups in total. The van der Waals surface area contributed by atoms with Crippen molar-refractivity contribution in [3.63, 3.8) is 0 Å². The number of nitrogens with one attached hydrogen (secondary N) is 1. The number of rotatable bonds is 8. The molecule has 0 spiro atoms. The smallest absolute Gasteiger partial charge is 0.282 e. The number of halogens is 1. The van der Waals surface area contributed by atoms with E-state index < -0.39 is 11.8 Å². The molecule has 3 aromatic carbocycles.